The van der Waals surface area contributed by atoms with Crippen LogP contribution in [0.4, 0.5) is 0 Å². The van der Waals surface area contributed by atoms with Gasteiger partial charge in [-0.1, -0.05) is 0 Å². The summed E-state index contributed by atoms with van der Waals surface area (Å²) in [5.41, 5.74) is 0. The van der Waals surface area contributed by atoms with Crippen molar-refractivity contribution in [3.05, 3.63) is 0 Å². The van der Waals surface area contributed by atoms with Gasteiger partial charge in [-0.3, -0.25) is 4.90 Å². The van der Waals surface area contributed by atoms with Gasteiger partial charge in [-0.2, -0.15) is 11.8 Å². The van der Waals surface area contributed by atoms with E-state index in [1.54, 1.807) is 0 Å². The summed E-state index contributed by atoms with van der Waals surface area (Å²) in [5.74, 6) is 0. The van der Waals surface area contributed by atoms with Gasteiger partial charge >= 0.3 is 0 Å². The average molecular weight is 230 g/mol. The van der Waals surface area contributed by atoms with Crippen LogP contribution in [0, 0.1) is 0 Å². The summed E-state index contributed by atoms with van der Waals surface area (Å²) in [4.78, 5) is 2.62. The number of nitrogens with one attached hydrogen (secondary N) is 1. The molecule has 0 aromatic rings. The summed E-state index contributed by atoms with van der Waals surface area (Å²) in [5, 5.41) is 4.26. The third-order valence-electron chi connectivity index (χ3n) is 3.38. The number of ether oxygens (including phenoxy) is 1. The van der Waals surface area contributed by atoms with Crippen molar-refractivity contribution in [3.63, 3.8) is 0 Å². The molecule has 1 N–H and O–H groups in total. The second-order valence-electron chi connectivity index (χ2n) is 4.53. The molecule has 2 heterocycles. The second kappa shape index (κ2) is 5.53. The maximum absolute atomic E-state index is 5.69. The van der Waals surface area contributed by atoms with Crippen molar-refractivity contribution in [1.29, 1.82) is 0 Å². The quantitative estimate of drug-likeness (QED) is 0.758. The Labute approximate surface area is 96.9 Å². The molecule has 0 bridgehead atoms. The Morgan fingerprint density at radius 1 is 1.40 bits per heavy atom. The molecule has 0 amide bonds. The van der Waals surface area contributed by atoms with Gasteiger partial charge in [-0.15, -0.1) is 0 Å². The van der Waals surface area contributed by atoms with E-state index in [2.05, 4.69) is 23.4 Å². The van der Waals surface area contributed by atoms with E-state index < -0.39 is 0 Å². The van der Waals surface area contributed by atoms with E-state index in [0.717, 1.165) is 31.5 Å². The Bertz CT molecular complexity index is 203. The van der Waals surface area contributed by atoms with Crippen LogP contribution in [0.15, 0.2) is 0 Å². The molecule has 0 spiro atoms. The first-order valence-corrected chi connectivity index (χ1v) is 7.19. The summed E-state index contributed by atoms with van der Waals surface area (Å²) in [6, 6.07) is 0.712. The molecule has 15 heavy (non-hydrogen) atoms. The molecule has 2 rings (SSSR count). The second-order valence-corrected chi connectivity index (χ2v) is 5.61. The lowest BCUT2D eigenvalue weighted by atomic mass is 10.2. The van der Waals surface area contributed by atoms with E-state index in [4.69, 9.17) is 4.74 Å². The van der Waals surface area contributed by atoms with Crippen LogP contribution in [0.25, 0.3) is 0 Å². The van der Waals surface area contributed by atoms with Crippen molar-refractivity contribution in [2.24, 2.45) is 0 Å². The Balaban J connectivity index is 1.95. The van der Waals surface area contributed by atoms with Gasteiger partial charge in [0.2, 0.25) is 0 Å². The van der Waals surface area contributed by atoms with Crippen molar-refractivity contribution in [2.45, 2.75) is 30.7 Å². The zero-order chi connectivity index (χ0) is 10.7. The van der Waals surface area contributed by atoms with Crippen LogP contribution in [0.3, 0.4) is 0 Å². The molecule has 3 unspecified atom stereocenters. The third kappa shape index (κ3) is 2.87. The summed E-state index contributed by atoms with van der Waals surface area (Å²) < 4.78 is 5.69. The van der Waals surface area contributed by atoms with Crippen molar-refractivity contribution in [2.75, 3.05) is 39.0 Å². The molecule has 0 aromatic heterocycles. The monoisotopic (exact) mass is 230 g/mol. The van der Waals surface area contributed by atoms with Crippen LogP contribution in [-0.4, -0.2) is 61.3 Å². The first kappa shape index (κ1) is 11.7. The molecule has 88 valence electrons. The number of rotatable bonds is 2. The maximum Gasteiger partial charge on any atom is 0.0674 e. The molecule has 2 saturated heterocycles. The molecular formula is C11H22N2OS. The first-order chi connectivity index (χ1) is 7.31. The van der Waals surface area contributed by atoms with Gasteiger partial charge in [-0.25, -0.2) is 0 Å². The largest absolute Gasteiger partial charge is 0.377 e. The van der Waals surface area contributed by atoms with Crippen molar-refractivity contribution in [1.82, 2.24) is 10.2 Å². The standard InChI is InChI=1S/C11H22N2OS/c1-9-8-13(4-3-5-14-9)10-6-12-7-11(10)15-2/h9-12H,3-8H2,1-2H3. The highest BCUT2D eigenvalue weighted by Crippen LogP contribution is 2.21. The molecular weight excluding hydrogens is 208 g/mol. The molecule has 2 fully saturated rings. The highest BCUT2D eigenvalue weighted by Gasteiger charge is 2.32. The minimum atomic E-state index is 0.399. The Kier molecular flexibility index (Phi) is 4.31. The van der Waals surface area contributed by atoms with Crippen molar-refractivity contribution < 1.29 is 4.74 Å². The van der Waals surface area contributed by atoms with Crippen molar-refractivity contribution >= 4 is 11.8 Å². The predicted molar refractivity (Wildman–Crippen MR) is 65.6 cm³/mol. The maximum atomic E-state index is 5.69. The van der Waals surface area contributed by atoms with Gasteiger partial charge in [-0.05, 0) is 19.6 Å². The number of nitrogens with zero attached hydrogens (tertiary/aromatic N) is 1. The van der Waals surface area contributed by atoms with Gasteiger partial charge in [0, 0.05) is 44.1 Å². The van der Waals surface area contributed by atoms with Crippen LogP contribution >= 0.6 is 11.8 Å². The number of hydrogen-bond acceptors (Lipinski definition) is 4. The first-order valence-electron chi connectivity index (χ1n) is 5.90. The summed E-state index contributed by atoms with van der Waals surface area (Å²) in [6.45, 7) is 7.74. The average Bonchev–Trinajstić information content (AvgIpc) is 2.61. The fourth-order valence-corrected chi connectivity index (χ4v) is 3.44. The van der Waals surface area contributed by atoms with E-state index in [1.807, 2.05) is 11.8 Å². The molecule has 3 atom stereocenters. The molecule has 2 aliphatic heterocycles. The number of hydrogen-bond donors (Lipinski definition) is 1. The van der Waals surface area contributed by atoms with Gasteiger partial charge in [0.1, 0.15) is 0 Å². The van der Waals surface area contributed by atoms with Crippen LogP contribution in [-0.2, 0) is 4.74 Å². The Hall–Kier alpha value is 0.230. The molecule has 4 heteroatoms. The molecule has 0 radical (unpaired) electrons. The lowest BCUT2D eigenvalue weighted by Gasteiger charge is -2.31. The molecule has 0 aliphatic carbocycles. The lowest BCUT2D eigenvalue weighted by Crippen LogP contribution is -2.44. The zero-order valence-electron chi connectivity index (χ0n) is 9.74. The minimum absolute atomic E-state index is 0.399. The van der Waals surface area contributed by atoms with Crippen LogP contribution < -0.4 is 5.32 Å². The van der Waals surface area contributed by atoms with E-state index in [1.165, 1.54) is 13.0 Å². The van der Waals surface area contributed by atoms with E-state index in [0.29, 0.717) is 12.1 Å². The van der Waals surface area contributed by atoms with Crippen LogP contribution in [0.1, 0.15) is 13.3 Å². The molecule has 2 aliphatic rings. The van der Waals surface area contributed by atoms with E-state index >= 15 is 0 Å². The van der Waals surface area contributed by atoms with Crippen molar-refractivity contribution in [3.8, 4) is 0 Å². The highest BCUT2D eigenvalue weighted by molar-refractivity contribution is 7.99. The van der Waals surface area contributed by atoms with Gasteiger partial charge in [0.25, 0.3) is 0 Å². The predicted octanol–water partition coefficient (Wildman–Crippen LogP) is 0.801. The van der Waals surface area contributed by atoms with Crippen LogP contribution in [0.2, 0.25) is 0 Å². The fraction of sp³-hybridized carbons (Fsp3) is 1.00. The summed E-state index contributed by atoms with van der Waals surface area (Å²) in [7, 11) is 0. The topological polar surface area (TPSA) is 24.5 Å². The Morgan fingerprint density at radius 2 is 2.27 bits per heavy atom. The van der Waals surface area contributed by atoms with Gasteiger partial charge in [0.15, 0.2) is 0 Å². The van der Waals surface area contributed by atoms with Crippen LogP contribution in [0.5, 0.6) is 0 Å². The SMILES string of the molecule is CSC1CNCC1N1CCCOC(C)C1. The molecule has 3 nitrogen and oxygen atoms in total. The number of thioether (sulfide) groups is 1. The Morgan fingerprint density at radius 3 is 3.07 bits per heavy atom. The molecule has 0 aromatic carbocycles. The van der Waals surface area contributed by atoms with Gasteiger partial charge in [0.05, 0.1) is 6.10 Å². The minimum Gasteiger partial charge on any atom is -0.377 e. The normalized spacial score (nSPS) is 39.2. The summed E-state index contributed by atoms with van der Waals surface area (Å²) in [6.07, 6.45) is 3.81. The van der Waals surface area contributed by atoms with E-state index in [-0.39, 0.29) is 0 Å². The van der Waals surface area contributed by atoms with E-state index in [9.17, 15) is 0 Å². The zero-order valence-corrected chi connectivity index (χ0v) is 10.6. The fourth-order valence-electron chi connectivity index (χ4n) is 2.57. The summed E-state index contributed by atoms with van der Waals surface area (Å²) >= 11 is 2.00. The highest BCUT2D eigenvalue weighted by atomic mass is 32.2. The lowest BCUT2D eigenvalue weighted by molar-refractivity contribution is 0.0625. The molecule has 0 saturated carbocycles. The smallest absolute Gasteiger partial charge is 0.0674 e. The third-order valence-corrected chi connectivity index (χ3v) is 4.47. The van der Waals surface area contributed by atoms with Gasteiger partial charge < -0.3 is 10.1 Å².